The Bertz CT molecular complexity index is 1230. The molecule has 1 amide bonds. The summed E-state index contributed by atoms with van der Waals surface area (Å²) in [6.45, 7) is 0. The van der Waals surface area contributed by atoms with Crippen molar-refractivity contribution >= 4 is 40.6 Å². The van der Waals surface area contributed by atoms with Crippen molar-refractivity contribution in [1.82, 2.24) is 9.78 Å². The summed E-state index contributed by atoms with van der Waals surface area (Å²) in [5.41, 5.74) is 0.729. The van der Waals surface area contributed by atoms with Gasteiger partial charge >= 0.3 is 6.18 Å². The average Bonchev–Trinajstić information content (AvgIpc) is 3.23. The zero-order chi connectivity index (χ0) is 24.6. The van der Waals surface area contributed by atoms with E-state index in [9.17, 15) is 18.0 Å². The minimum atomic E-state index is -4.59. The predicted molar refractivity (Wildman–Crippen MR) is 122 cm³/mol. The number of carbonyl (C=O) groups is 1. The minimum absolute atomic E-state index is 0.0593. The first-order valence-electron chi connectivity index (χ1n) is 10.0. The molecule has 0 unspecified atom stereocenters. The predicted octanol–water partition coefficient (Wildman–Crippen LogP) is 6.12. The second-order valence-corrected chi connectivity index (χ2v) is 8.38. The first-order chi connectivity index (χ1) is 16.1. The molecule has 0 saturated heterocycles. The van der Waals surface area contributed by atoms with Crippen molar-refractivity contribution in [3.8, 4) is 11.5 Å². The number of alkyl halides is 3. The van der Waals surface area contributed by atoms with Gasteiger partial charge in [-0.3, -0.25) is 4.79 Å². The van der Waals surface area contributed by atoms with Gasteiger partial charge in [0, 0.05) is 11.4 Å². The summed E-state index contributed by atoms with van der Waals surface area (Å²) in [6, 6.07) is 6.61. The first-order valence-corrected chi connectivity index (χ1v) is 10.8. The van der Waals surface area contributed by atoms with Crippen LogP contribution < -0.4 is 20.1 Å². The number of nitrogens with one attached hydrogen (secondary N) is 2. The number of halogens is 5. The van der Waals surface area contributed by atoms with Crippen LogP contribution in [0.25, 0.3) is 0 Å². The molecule has 4 rings (SSSR count). The molecule has 0 spiro atoms. The number of hydrogen-bond acceptors (Lipinski definition) is 5. The fraction of sp³-hybridized carbons (Fsp3) is 0.273. The molecule has 0 fully saturated rings. The van der Waals surface area contributed by atoms with Crippen LogP contribution in [0.2, 0.25) is 10.0 Å². The summed E-state index contributed by atoms with van der Waals surface area (Å²) < 4.78 is 53.2. The third kappa shape index (κ3) is 4.60. The Labute approximate surface area is 202 Å². The van der Waals surface area contributed by atoms with Crippen LogP contribution in [0.1, 0.15) is 34.4 Å². The molecule has 0 aliphatic carbocycles. The van der Waals surface area contributed by atoms with Gasteiger partial charge in [-0.15, -0.1) is 0 Å². The molecule has 34 heavy (non-hydrogen) atoms. The molecule has 1 aliphatic rings. The van der Waals surface area contributed by atoms with Crippen LogP contribution in [-0.4, -0.2) is 36.1 Å². The second kappa shape index (κ2) is 9.27. The van der Waals surface area contributed by atoms with E-state index in [0.717, 1.165) is 10.9 Å². The molecule has 1 aromatic heterocycles. The SMILES string of the molecule is COc1ccc([C@@H]2C[C@@H](C(F)(F)F)n3ncc(C(=O)Nc4ccc(Cl)cc4Cl)c3N2)cc1OC. The van der Waals surface area contributed by atoms with E-state index in [-0.39, 0.29) is 28.5 Å². The maximum atomic E-state index is 14.0. The first kappa shape index (κ1) is 24.0. The lowest BCUT2D eigenvalue weighted by molar-refractivity contribution is -0.173. The number of amides is 1. The Morgan fingerprint density at radius 3 is 2.53 bits per heavy atom. The monoisotopic (exact) mass is 514 g/mol. The van der Waals surface area contributed by atoms with Gasteiger partial charge in [0.25, 0.3) is 5.91 Å². The van der Waals surface area contributed by atoms with E-state index >= 15 is 0 Å². The average molecular weight is 515 g/mol. The molecule has 0 bridgehead atoms. The molecule has 180 valence electrons. The maximum absolute atomic E-state index is 14.0. The number of hydrogen-bond donors (Lipinski definition) is 2. The third-order valence-electron chi connectivity index (χ3n) is 5.47. The third-order valence-corrected chi connectivity index (χ3v) is 6.02. The van der Waals surface area contributed by atoms with E-state index < -0.39 is 24.2 Å². The van der Waals surface area contributed by atoms with Crippen LogP contribution in [0.5, 0.6) is 11.5 Å². The molecule has 2 N–H and O–H groups in total. The number of aromatic nitrogens is 2. The molecule has 12 heteroatoms. The smallest absolute Gasteiger partial charge is 0.410 e. The van der Waals surface area contributed by atoms with Crippen molar-refractivity contribution < 1.29 is 27.4 Å². The molecule has 0 radical (unpaired) electrons. The lowest BCUT2D eigenvalue weighted by atomic mass is 9.96. The molecular weight excluding hydrogens is 496 g/mol. The molecule has 2 heterocycles. The number of rotatable bonds is 5. The number of nitrogens with zero attached hydrogens (tertiary/aromatic N) is 2. The number of ether oxygens (including phenoxy) is 2. The van der Waals surface area contributed by atoms with E-state index in [2.05, 4.69) is 15.7 Å². The lowest BCUT2D eigenvalue weighted by Gasteiger charge is -2.34. The Balaban J connectivity index is 1.70. The van der Waals surface area contributed by atoms with Gasteiger partial charge in [0.1, 0.15) is 11.4 Å². The Hall–Kier alpha value is -3.11. The molecule has 0 saturated carbocycles. The van der Waals surface area contributed by atoms with E-state index in [1.165, 1.54) is 32.4 Å². The van der Waals surface area contributed by atoms with Crippen LogP contribution in [0.3, 0.4) is 0 Å². The van der Waals surface area contributed by atoms with Crippen molar-refractivity contribution in [3.63, 3.8) is 0 Å². The largest absolute Gasteiger partial charge is 0.493 e. The van der Waals surface area contributed by atoms with Gasteiger partial charge in [-0.25, -0.2) is 4.68 Å². The maximum Gasteiger partial charge on any atom is 0.410 e. The van der Waals surface area contributed by atoms with Gasteiger partial charge in [-0.1, -0.05) is 29.3 Å². The van der Waals surface area contributed by atoms with Crippen LogP contribution >= 0.6 is 23.2 Å². The highest BCUT2D eigenvalue weighted by molar-refractivity contribution is 6.36. The summed E-state index contributed by atoms with van der Waals surface area (Å²) in [6.07, 6.45) is -3.83. The Morgan fingerprint density at radius 2 is 1.88 bits per heavy atom. The van der Waals surface area contributed by atoms with E-state index in [0.29, 0.717) is 22.1 Å². The van der Waals surface area contributed by atoms with Gasteiger partial charge in [0.2, 0.25) is 0 Å². The van der Waals surface area contributed by atoms with E-state index in [1.807, 2.05) is 0 Å². The molecule has 2 atom stereocenters. The minimum Gasteiger partial charge on any atom is -0.493 e. The van der Waals surface area contributed by atoms with Crippen molar-refractivity contribution in [1.29, 1.82) is 0 Å². The molecule has 1 aliphatic heterocycles. The summed E-state index contributed by atoms with van der Waals surface area (Å²) >= 11 is 12.0. The summed E-state index contributed by atoms with van der Waals surface area (Å²) in [5.74, 6) is 0.0852. The van der Waals surface area contributed by atoms with Crippen molar-refractivity contribution in [2.24, 2.45) is 0 Å². The van der Waals surface area contributed by atoms with Crippen molar-refractivity contribution in [2.75, 3.05) is 24.9 Å². The number of fused-ring (bicyclic) bond motifs is 1. The molecular formula is C22H19Cl2F3N4O3. The zero-order valence-corrected chi connectivity index (χ0v) is 19.4. The summed E-state index contributed by atoms with van der Waals surface area (Å²) in [5, 5.41) is 10.1. The standard InChI is InChI=1S/C22H19Cl2F3N4O3/c1-33-17-6-3-11(7-18(17)34-2)16-9-19(22(25,26)27)31-20(29-16)13(10-28-31)21(32)30-15-5-4-12(23)8-14(15)24/h3-8,10,16,19,29H,9H2,1-2H3,(H,30,32)/t16-,19-/m0/s1. The summed E-state index contributed by atoms with van der Waals surface area (Å²) in [7, 11) is 2.90. The zero-order valence-electron chi connectivity index (χ0n) is 17.9. The molecule has 7 nitrogen and oxygen atoms in total. The second-order valence-electron chi connectivity index (χ2n) is 7.53. The van der Waals surface area contributed by atoms with Gasteiger partial charge in [0.05, 0.1) is 37.2 Å². The quantitative estimate of drug-likeness (QED) is 0.428. The van der Waals surface area contributed by atoms with E-state index in [4.69, 9.17) is 32.7 Å². The normalized spacial score (nSPS) is 17.5. The number of carbonyl (C=O) groups excluding carboxylic acids is 1. The highest BCUT2D eigenvalue weighted by Gasteiger charge is 2.47. The van der Waals surface area contributed by atoms with Gasteiger partial charge < -0.3 is 20.1 Å². The molecule has 2 aromatic carbocycles. The summed E-state index contributed by atoms with van der Waals surface area (Å²) in [4.78, 5) is 13.0. The van der Waals surface area contributed by atoms with Crippen LogP contribution in [-0.2, 0) is 0 Å². The number of anilines is 2. The van der Waals surface area contributed by atoms with Gasteiger partial charge in [-0.05, 0) is 35.9 Å². The number of methoxy groups -OCH3 is 2. The van der Waals surface area contributed by atoms with Crippen molar-refractivity contribution in [2.45, 2.75) is 24.7 Å². The van der Waals surface area contributed by atoms with Crippen LogP contribution in [0.4, 0.5) is 24.7 Å². The Kier molecular flexibility index (Phi) is 6.55. The van der Waals surface area contributed by atoms with Crippen LogP contribution in [0.15, 0.2) is 42.6 Å². The van der Waals surface area contributed by atoms with E-state index in [1.54, 1.807) is 18.2 Å². The van der Waals surface area contributed by atoms with Crippen LogP contribution in [0, 0.1) is 0 Å². The highest BCUT2D eigenvalue weighted by atomic mass is 35.5. The lowest BCUT2D eigenvalue weighted by Crippen LogP contribution is -2.36. The topological polar surface area (TPSA) is 77.4 Å². The van der Waals surface area contributed by atoms with Gasteiger partial charge in [0.15, 0.2) is 17.5 Å². The highest BCUT2D eigenvalue weighted by Crippen LogP contribution is 2.45. The Morgan fingerprint density at radius 1 is 1.15 bits per heavy atom. The van der Waals surface area contributed by atoms with Gasteiger partial charge in [-0.2, -0.15) is 18.3 Å². The number of benzene rings is 2. The molecule has 3 aromatic rings. The fourth-order valence-electron chi connectivity index (χ4n) is 3.80. The van der Waals surface area contributed by atoms with Crippen molar-refractivity contribution in [3.05, 3.63) is 63.8 Å². The fourth-order valence-corrected chi connectivity index (χ4v) is 4.25.